The van der Waals surface area contributed by atoms with Gasteiger partial charge in [-0.15, -0.1) is 0 Å². The van der Waals surface area contributed by atoms with Crippen molar-refractivity contribution in [2.24, 2.45) is 0 Å². The molecule has 8 nitrogen and oxygen atoms in total. The standard InChI is InChI=1S/C11H14N2O6S/c1-7-5-9(6-10(8(7)2)13(16)17)20(18,19)12-4-3-11(14)15/h5-6,12H,3-4H2,1-2H3,(H,14,15). The molecule has 0 amide bonds. The van der Waals surface area contributed by atoms with Crippen LogP contribution in [0.3, 0.4) is 0 Å². The minimum absolute atomic E-state index is 0.252. The summed E-state index contributed by atoms with van der Waals surface area (Å²) in [5.41, 5.74) is 0.570. The highest BCUT2D eigenvalue weighted by Gasteiger charge is 2.21. The van der Waals surface area contributed by atoms with Crippen LogP contribution in [0.4, 0.5) is 5.69 Å². The van der Waals surface area contributed by atoms with E-state index >= 15 is 0 Å². The van der Waals surface area contributed by atoms with Crippen LogP contribution in [0.15, 0.2) is 17.0 Å². The first-order chi connectivity index (χ1) is 9.15. The topological polar surface area (TPSA) is 127 Å². The first-order valence-corrected chi connectivity index (χ1v) is 7.10. The van der Waals surface area contributed by atoms with Crippen molar-refractivity contribution in [2.45, 2.75) is 25.2 Å². The van der Waals surface area contributed by atoms with Crippen molar-refractivity contribution in [3.63, 3.8) is 0 Å². The third-order valence-corrected chi connectivity index (χ3v) is 4.19. The van der Waals surface area contributed by atoms with Crippen LogP contribution >= 0.6 is 0 Å². The number of nitrogens with zero attached hydrogens (tertiary/aromatic N) is 1. The van der Waals surface area contributed by atoms with E-state index in [2.05, 4.69) is 4.72 Å². The predicted octanol–water partition coefficient (Wildman–Crippen LogP) is 0.965. The van der Waals surface area contributed by atoms with Crippen molar-refractivity contribution in [1.82, 2.24) is 4.72 Å². The third-order valence-electron chi connectivity index (χ3n) is 2.75. The summed E-state index contributed by atoms with van der Waals surface area (Å²) in [4.78, 5) is 20.3. The fourth-order valence-electron chi connectivity index (χ4n) is 1.53. The molecule has 1 rings (SSSR count). The van der Waals surface area contributed by atoms with Crippen molar-refractivity contribution in [1.29, 1.82) is 0 Å². The van der Waals surface area contributed by atoms with Gasteiger partial charge in [0.2, 0.25) is 10.0 Å². The monoisotopic (exact) mass is 302 g/mol. The normalized spacial score (nSPS) is 11.3. The molecule has 20 heavy (non-hydrogen) atoms. The molecular formula is C11H14N2O6S. The minimum atomic E-state index is -3.97. The van der Waals surface area contributed by atoms with E-state index in [0.29, 0.717) is 11.1 Å². The number of hydrogen-bond donors (Lipinski definition) is 2. The van der Waals surface area contributed by atoms with Gasteiger partial charge in [-0.3, -0.25) is 14.9 Å². The molecule has 0 aliphatic carbocycles. The molecule has 0 unspecified atom stereocenters. The molecule has 0 heterocycles. The zero-order chi connectivity index (χ0) is 15.5. The lowest BCUT2D eigenvalue weighted by molar-refractivity contribution is -0.385. The van der Waals surface area contributed by atoms with Gasteiger partial charge >= 0.3 is 5.97 Å². The van der Waals surface area contributed by atoms with Crippen molar-refractivity contribution < 1.29 is 23.2 Å². The van der Waals surface area contributed by atoms with E-state index in [1.54, 1.807) is 6.92 Å². The zero-order valence-electron chi connectivity index (χ0n) is 10.9. The number of nitro groups is 1. The van der Waals surface area contributed by atoms with Gasteiger partial charge in [0.15, 0.2) is 0 Å². The number of carbonyl (C=O) groups is 1. The molecular weight excluding hydrogens is 288 g/mol. The lowest BCUT2D eigenvalue weighted by Gasteiger charge is -2.08. The molecule has 0 aliphatic rings. The van der Waals surface area contributed by atoms with Gasteiger partial charge in [-0.25, -0.2) is 13.1 Å². The molecule has 2 N–H and O–H groups in total. The van der Waals surface area contributed by atoms with Crippen LogP contribution in [0.5, 0.6) is 0 Å². The number of benzene rings is 1. The maximum absolute atomic E-state index is 11.9. The number of carboxylic acid groups (broad SMARTS) is 1. The predicted molar refractivity (Wildman–Crippen MR) is 70.0 cm³/mol. The van der Waals surface area contributed by atoms with Crippen molar-refractivity contribution in [3.05, 3.63) is 33.4 Å². The molecule has 0 radical (unpaired) electrons. The van der Waals surface area contributed by atoms with Gasteiger partial charge in [-0.05, 0) is 25.5 Å². The number of nitro benzene ring substituents is 1. The molecule has 110 valence electrons. The van der Waals surface area contributed by atoms with E-state index < -0.39 is 20.9 Å². The molecule has 0 atom stereocenters. The lowest BCUT2D eigenvalue weighted by Crippen LogP contribution is -2.26. The van der Waals surface area contributed by atoms with Gasteiger partial charge < -0.3 is 5.11 Å². The number of aliphatic carboxylic acids is 1. The van der Waals surface area contributed by atoms with Gasteiger partial charge in [-0.1, -0.05) is 0 Å². The Morgan fingerprint density at radius 2 is 2.00 bits per heavy atom. The molecule has 0 spiro atoms. The summed E-state index contributed by atoms with van der Waals surface area (Å²) >= 11 is 0. The van der Waals surface area contributed by atoms with Crippen LogP contribution in [0.1, 0.15) is 17.5 Å². The molecule has 1 aromatic rings. The average Bonchev–Trinajstić information content (AvgIpc) is 2.31. The van der Waals surface area contributed by atoms with E-state index in [1.165, 1.54) is 13.0 Å². The summed E-state index contributed by atoms with van der Waals surface area (Å²) in [6, 6.07) is 2.27. The molecule has 0 saturated heterocycles. The fraction of sp³-hybridized carbons (Fsp3) is 0.364. The van der Waals surface area contributed by atoms with Gasteiger partial charge in [0, 0.05) is 18.2 Å². The summed E-state index contributed by atoms with van der Waals surface area (Å²) in [7, 11) is -3.97. The highest BCUT2D eigenvalue weighted by Crippen LogP contribution is 2.25. The van der Waals surface area contributed by atoms with Gasteiger partial charge in [0.25, 0.3) is 5.69 Å². The second kappa shape index (κ2) is 5.97. The lowest BCUT2D eigenvalue weighted by atomic mass is 10.1. The number of sulfonamides is 1. The molecule has 0 aromatic heterocycles. The van der Waals surface area contributed by atoms with Crippen LogP contribution in [0.2, 0.25) is 0 Å². The Hall–Kier alpha value is -2.00. The van der Waals surface area contributed by atoms with Crippen LogP contribution < -0.4 is 4.72 Å². The summed E-state index contributed by atoms with van der Waals surface area (Å²) in [5, 5.41) is 19.3. The Morgan fingerprint density at radius 3 is 2.50 bits per heavy atom. The third kappa shape index (κ3) is 3.75. The first-order valence-electron chi connectivity index (χ1n) is 5.62. The molecule has 9 heteroatoms. The Morgan fingerprint density at radius 1 is 1.40 bits per heavy atom. The highest BCUT2D eigenvalue weighted by molar-refractivity contribution is 7.89. The average molecular weight is 302 g/mol. The maximum Gasteiger partial charge on any atom is 0.304 e. The van der Waals surface area contributed by atoms with Gasteiger partial charge in [-0.2, -0.15) is 0 Å². The molecule has 0 fully saturated rings. The molecule has 0 bridgehead atoms. The van der Waals surface area contributed by atoms with E-state index in [4.69, 9.17) is 5.11 Å². The molecule has 0 saturated carbocycles. The second-order valence-corrected chi connectivity index (χ2v) is 5.95. The Bertz CT molecular complexity index is 653. The smallest absolute Gasteiger partial charge is 0.304 e. The minimum Gasteiger partial charge on any atom is -0.481 e. The van der Waals surface area contributed by atoms with Gasteiger partial charge in [0.1, 0.15) is 0 Å². The number of hydrogen-bond acceptors (Lipinski definition) is 5. The Balaban J connectivity index is 3.13. The summed E-state index contributed by atoms with van der Waals surface area (Å²) in [6.45, 7) is 2.82. The van der Waals surface area contributed by atoms with Crippen molar-refractivity contribution in [3.8, 4) is 0 Å². The molecule has 1 aromatic carbocycles. The Labute approximate surface area is 115 Å². The van der Waals surface area contributed by atoms with Crippen LogP contribution in [-0.2, 0) is 14.8 Å². The van der Waals surface area contributed by atoms with Crippen molar-refractivity contribution in [2.75, 3.05) is 6.54 Å². The van der Waals surface area contributed by atoms with Crippen LogP contribution in [-0.4, -0.2) is 31.0 Å². The first kappa shape index (κ1) is 16.1. The molecule has 0 aliphatic heterocycles. The fourth-order valence-corrected chi connectivity index (χ4v) is 2.66. The summed E-state index contributed by atoms with van der Waals surface area (Å²) in [5.74, 6) is -1.14. The quantitative estimate of drug-likeness (QED) is 0.595. The van der Waals surface area contributed by atoms with E-state index in [0.717, 1.165) is 6.07 Å². The zero-order valence-corrected chi connectivity index (χ0v) is 11.7. The van der Waals surface area contributed by atoms with Gasteiger partial charge in [0.05, 0.1) is 16.2 Å². The van der Waals surface area contributed by atoms with E-state index in [-0.39, 0.29) is 23.5 Å². The van der Waals surface area contributed by atoms with Crippen LogP contribution in [0, 0.1) is 24.0 Å². The second-order valence-electron chi connectivity index (χ2n) is 4.18. The highest BCUT2D eigenvalue weighted by atomic mass is 32.2. The van der Waals surface area contributed by atoms with E-state index in [1.807, 2.05) is 0 Å². The largest absolute Gasteiger partial charge is 0.481 e. The van der Waals surface area contributed by atoms with Crippen molar-refractivity contribution >= 4 is 21.7 Å². The Kier molecular flexibility index (Phi) is 4.79. The van der Waals surface area contributed by atoms with Crippen LogP contribution in [0.25, 0.3) is 0 Å². The van der Waals surface area contributed by atoms with E-state index in [9.17, 15) is 23.3 Å². The number of nitrogens with one attached hydrogen (secondary N) is 1. The SMILES string of the molecule is Cc1cc(S(=O)(=O)NCCC(=O)O)cc([N+](=O)[O-])c1C. The number of rotatable bonds is 6. The number of carboxylic acids is 1. The summed E-state index contributed by atoms with van der Waals surface area (Å²) < 4.78 is 25.9. The summed E-state index contributed by atoms with van der Waals surface area (Å²) in [6.07, 6.45) is -0.369. The number of aryl methyl sites for hydroxylation is 1. The maximum atomic E-state index is 11.9.